The molecule has 0 amide bonds. The molecule has 0 saturated heterocycles. The summed E-state index contributed by atoms with van der Waals surface area (Å²) in [5, 5.41) is 19.4. The maximum atomic E-state index is 14.2. The summed E-state index contributed by atoms with van der Waals surface area (Å²) in [5.74, 6) is 22.4. The van der Waals surface area contributed by atoms with Crippen LogP contribution in [0.2, 0.25) is 39.3 Å². The van der Waals surface area contributed by atoms with Gasteiger partial charge in [0.15, 0.2) is 0 Å². The van der Waals surface area contributed by atoms with Crippen LogP contribution in [-0.4, -0.2) is 25.3 Å². The van der Waals surface area contributed by atoms with E-state index in [-0.39, 0.29) is 21.5 Å². The predicted octanol–water partition coefficient (Wildman–Crippen LogP) is 15.8. The molecule has 0 N–H and O–H groups in total. The van der Waals surface area contributed by atoms with Gasteiger partial charge in [0.05, 0.1) is 21.5 Å². The maximum absolute atomic E-state index is 14.2. The fourth-order valence-corrected chi connectivity index (χ4v) is 13.7. The van der Waals surface area contributed by atoms with Crippen LogP contribution >= 0.6 is 0 Å². The van der Waals surface area contributed by atoms with Crippen molar-refractivity contribution in [3.05, 3.63) is 245 Å². The van der Waals surface area contributed by atoms with Gasteiger partial charge in [-0.25, -0.2) is 0 Å². The van der Waals surface area contributed by atoms with Gasteiger partial charge in [-0.15, -0.1) is 11.1 Å². The van der Waals surface area contributed by atoms with E-state index in [0.717, 1.165) is 118 Å². The van der Waals surface area contributed by atoms with Crippen molar-refractivity contribution in [1.82, 2.24) is 9.13 Å². The summed E-state index contributed by atoms with van der Waals surface area (Å²) >= 11 is 0. The third-order valence-corrected chi connectivity index (χ3v) is 18.7. The fraction of sp³-hybridized carbons (Fsp3) is 0.103. The lowest BCUT2D eigenvalue weighted by Gasteiger charge is -2.15. The quantitative estimate of drug-likeness (QED) is 0.0861. The third kappa shape index (κ3) is 8.30. The van der Waals surface area contributed by atoms with Crippen LogP contribution in [0.3, 0.4) is 0 Å². The molecule has 6 nitrogen and oxygen atoms in total. The molecule has 86 heavy (non-hydrogen) atoms. The summed E-state index contributed by atoms with van der Waals surface area (Å²) in [6.07, 6.45) is 0. The lowest BCUT2D eigenvalue weighted by atomic mass is 9.87. The molecule has 15 rings (SSSR count). The molecule has 2 heterocycles. The number of nitrogens with zero attached hydrogens (tertiary/aromatic N) is 2. The second-order valence-corrected chi connectivity index (χ2v) is 34.5. The summed E-state index contributed by atoms with van der Waals surface area (Å²) in [6, 6.07) is 58.2. The minimum Gasteiger partial charge on any atom is -0.277 e. The van der Waals surface area contributed by atoms with Crippen molar-refractivity contribution < 1.29 is 0 Å². The SMILES string of the molecule is Cn1c(=O)c2cc3c(C#Cc4c5cc6ccccc6cc5c(C#C[Si](C)(C)C)c5cc6ccccc6cc45)c4cc5c(=O)n(C)c(=O)c5cc4c(C#Cc4c5cc6ccccc6cc5c(C#C[Si](C)(C)C)c5cc6ccccc6cc45)c3cc2c1=O. The van der Waals surface area contributed by atoms with Crippen molar-refractivity contribution in [3.8, 4) is 46.6 Å². The van der Waals surface area contributed by atoms with Crippen LogP contribution in [0.25, 0.3) is 129 Å². The van der Waals surface area contributed by atoms with Crippen molar-refractivity contribution in [1.29, 1.82) is 0 Å². The molecule has 0 aliphatic carbocycles. The highest BCUT2D eigenvalue weighted by Crippen LogP contribution is 2.41. The molecule has 2 aromatic heterocycles. The monoisotopic (exact) mass is 1140 g/mol. The Hall–Kier alpha value is -10.6. The third-order valence-electron chi connectivity index (χ3n) is 17.0. The molecule has 0 spiro atoms. The summed E-state index contributed by atoms with van der Waals surface area (Å²) in [4.78, 5) is 56.9. The van der Waals surface area contributed by atoms with E-state index in [1.54, 1.807) is 24.3 Å². The molecular formula is C78H52N2O4Si2. The molecule has 0 aliphatic heterocycles. The van der Waals surface area contributed by atoms with Crippen molar-refractivity contribution in [2.24, 2.45) is 14.1 Å². The fourth-order valence-electron chi connectivity index (χ4n) is 12.7. The summed E-state index contributed by atoms with van der Waals surface area (Å²) < 4.78 is 2.28. The lowest BCUT2D eigenvalue weighted by Crippen LogP contribution is -2.20. The van der Waals surface area contributed by atoms with Gasteiger partial charge in [0.25, 0.3) is 22.2 Å². The van der Waals surface area contributed by atoms with Crippen molar-refractivity contribution in [2.45, 2.75) is 39.3 Å². The summed E-state index contributed by atoms with van der Waals surface area (Å²) in [7, 11) is -0.760. The number of hydrogen-bond acceptors (Lipinski definition) is 4. The minimum absolute atomic E-state index is 0.239. The van der Waals surface area contributed by atoms with Crippen LogP contribution in [0.15, 0.2) is 189 Å². The van der Waals surface area contributed by atoms with Gasteiger partial charge in [-0.05, 0) is 159 Å². The molecule has 13 aromatic carbocycles. The normalized spacial score (nSPS) is 12.0. The Balaban J connectivity index is 1.11. The molecule has 0 bridgehead atoms. The van der Waals surface area contributed by atoms with E-state index in [9.17, 15) is 19.2 Å². The van der Waals surface area contributed by atoms with Crippen molar-refractivity contribution in [2.75, 3.05) is 0 Å². The Kier molecular flexibility index (Phi) is 11.5. The first-order valence-electron chi connectivity index (χ1n) is 28.8. The Morgan fingerprint density at radius 1 is 0.244 bits per heavy atom. The average molecular weight is 1140 g/mol. The van der Waals surface area contributed by atoms with Crippen LogP contribution in [0, 0.1) is 46.6 Å². The summed E-state index contributed by atoms with van der Waals surface area (Å²) in [6.45, 7) is 13.5. The van der Waals surface area contributed by atoms with Gasteiger partial charge in [-0.1, -0.05) is 172 Å². The van der Waals surface area contributed by atoms with Gasteiger partial charge in [-0.3, -0.25) is 28.3 Å². The standard InChI is InChI=1S/C78H52N2O4Si2/c1-79-75(81)71-41-67-55(27-25-53-59-33-45-17-9-13-21-49(45)37-63(59)57(29-31-85(3,4)5)64-38-50-22-14-10-18-46(50)34-60(53)64)69-43-73-74(78(84)80(2)77(73)83)44-70(69)56(68(67)42-72(71)76(79)82)28-26-54-61-35-47-19-11-15-23-51(47)39-65(61)58(30-32-86(6,7)8)66-40-52-24-16-12-20-48(52)36-62(54)66/h9-24,33-44H,1-8H3. The molecular weight excluding hydrogens is 1090 g/mol. The Labute approximate surface area is 496 Å². The molecule has 15 aromatic rings. The Bertz CT molecular complexity index is 5500. The largest absolute Gasteiger partial charge is 0.277 e. The van der Waals surface area contributed by atoms with Gasteiger partial charge >= 0.3 is 0 Å². The minimum atomic E-state index is -1.87. The number of fused-ring (bicyclic) bond motifs is 12. The molecule has 0 aliphatic rings. The van der Waals surface area contributed by atoms with E-state index >= 15 is 0 Å². The van der Waals surface area contributed by atoms with Gasteiger partial charge in [0, 0.05) is 69.0 Å². The van der Waals surface area contributed by atoms with Crippen LogP contribution in [0.1, 0.15) is 33.4 Å². The van der Waals surface area contributed by atoms with Gasteiger partial charge in [-0.2, -0.15) is 0 Å². The molecule has 0 radical (unpaired) electrons. The molecule has 406 valence electrons. The second kappa shape index (κ2) is 19.0. The first-order valence-corrected chi connectivity index (χ1v) is 35.8. The van der Waals surface area contributed by atoms with E-state index < -0.39 is 38.4 Å². The number of benzene rings is 13. The van der Waals surface area contributed by atoms with Gasteiger partial charge in [0.2, 0.25) is 0 Å². The first-order chi connectivity index (χ1) is 41.4. The second-order valence-electron chi connectivity index (χ2n) is 25.0. The molecule has 0 fully saturated rings. The van der Waals surface area contributed by atoms with Crippen LogP contribution in [0.5, 0.6) is 0 Å². The maximum Gasteiger partial charge on any atom is 0.261 e. The molecule has 0 saturated carbocycles. The van der Waals surface area contributed by atoms with Crippen LogP contribution in [-0.2, 0) is 14.1 Å². The van der Waals surface area contributed by atoms with Crippen molar-refractivity contribution in [3.63, 3.8) is 0 Å². The van der Waals surface area contributed by atoms with E-state index in [1.165, 1.54) is 14.1 Å². The smallest absolute Gasteiger partial charge is 0.261 e. The Morgan fingerprint density at radius 3 is 0.581 bits per heavy atom. The van der Waals surface area contributed by atoms with Gasteiger partial charge < -0.3 is 0 Å². The topological polar surface area (TPSA) is 78.1 Å². The predicted molar refractivity (Wildman–Crippen MR) is 367 cm³/mol. The average Bonchev–Trinajstić information content (AvgIpc) is 1.17. The van der Waals surface area contributed by atoms with Crippen molar-refractivity contribution >= 4 is 145 Å². The molecule has 8 heteroatoms. The van der Waals surface area contributed by atoms with E-state index in [1.807, 2.05) is 24.3 Å². The van der Waals surface area contributed by atoms with Gasteiger partial charge in [0.1, 0.15) is 16.1 Å². The highest BCUT2D eigenvalue weighted by Gasteiger charge is 2.23. The summed E-state index contributed by atoms with van der Waals surface area (Å²) in [5.41, 5.74) is 10.1. The zero-order valence-electron chi connectivity index (χ0n) is 48.7. The number of aromatic nitrogens is 2. The zero-order chi connectivity index (χ0) is 59.2. The number of hydrogen-bond donors (Lipinski definition) is 0. The first kappa shape index (κ1) is 52.2. The number of rotatable bonds is 0. The molecule has 0 atom stereocenters. The van der Waals surface area contributed by atoms with E-state index in [4.69, 9.17) is 0 Å². The van der Waals surface area contributed by atoms with E-state index in [2.05, 4.69) is 207 Å². The highest BCUT2D eigenvalue weighted by molar-refractivity contribution is 6.84. The van der Waals surface area contributed by atoms with E-state index in [0.29, 0.717) is 32.7 Å². The molecule has 0 unspecified atom stereocenters. The Morgan fingerprint density at radius 2 is 0.407 bits per heavy atom. The van der Waals surface area contributed by atoms with Crippen LogP contribution in [0.4, 0.5) is 0 Å². The zero-order valence-corrected chi connectivity index (χ0v) is 50.7. The highest BCUT2D eigenvalue weighted by atomic mass is 28.3. The lowest BCUT2D eigenvalue weighted by molar-refractivity contribution is 0.856. The van der Waals surface area contributed by atoms with Crippen LogP contribution < -0.4 is 22.2 Å².